The van der Waals surface area contributed by atoms with E-state index in [4.69, 9.17) is 9.85 Å². The molecule has 3 heteroatoms. The molecule has 1 atom stereocenters. The van der Waals surface area contributed by atoms with Crippen molar-refractivity contribution in [1.82, 2.24) is 0 Å². The highest BCUT2D eigenvalue weighted by Crippen LogP contribution is 2.38. The van der Waals surface area contributed by atoms with Gasteiger partial charge in [-0.3, -0.25) is 0 Å². The monoisotopic (exact) mass is 344 g/mol. The fourth-order valence-electron chi connectivity index (χ4n) is 2.77. The molecule has 0 spiro atoms. The molecule has 0 fully saturated rings. The zero-order chi connectivity index (χ0) is 18.2. The minimum Gasteiger partial charge on any atom is -0.342 e. The van der Waals surface area contributed by atoms with Gasteiger partial charge in [0.2, 0.25) is 5.72 Å². The Morgan fingerprint density at radius 1 is 0.769 bits per heavy atom. The number of ether oxygens (including phenoxy) is 1. The van der Waals surface area contributed by atoms with Crippen LogP contribution in [0.3, 0.4) is 0 Å². The third kappa shape index (κ3) is 4.06. The molecule has 0 aromatic heterocycles. The average Bonchev–Trinajstić information content (AvgIpc) is 2.73. The molecule has 0 bridgehead atoms. The molecule has 0 aliphatic rings. The molecule has 0 aliphatic heterocycles. The Morgan fingerprint density at radius 2 is 1.23 bits per heavy atom. The van der Waals surface area contributed by atoms with Gasteiger partial charge in [0.25, 0.3) is 0 Å². The van der Waals surface area contributed by atoms with Crippen LogP contribution in [0.5, 0.6) is 0 Å². The van der Waals surface area contributed by atoms with E-state index in [1.807, 2.05) is 91.0 Å². The summed E-state index contributed by atoms with van der Waals surface area (Å²) in [6.07, 6.45) is 0.924. The van der Waals surface area contributed by atoms with Crippen LogP contribution in [0.1, 0.15) is 31.4 Å². The van der Waals surface area contributed by atoms with Crippen molar-refractivity contribution in [3.8, 4) is 0 Å². The summed E-state index contributed by atoms with van der Waals surface area (Å²) in [5.74, 6) is 0. The summed E-state index contributed by atoms with van der Waals surface area (Å²) in [6, 6.07) is 29.9. The standard InChI is InChI=1S/C23H24N2O/c1-3-19(2)26-23(20-13-7-4-8-14-20,21-15-9-5-10-16-21)25-24-22-17-11-6-12-18-22/h4-19H,3H2,1-2H3. The van der Waals surface area contributed by atoms with Gasteiger partial charge in [0.05, 0.1) is 11.8 Å². The molecule has 0 heterocycles. The van der Waals surface area contributed by atoms with E-state index in [0.717, 1.165) is 23.2 Å². The minimum absolute atomic E-state index is 0.0325. The van der Waals surface area contributed by atoms with Gasteiger partial charge in [-0.05, 0) is 25.5 Å². The van der Waals surface area contributed by atoms with Crippen LogP contribution in [0.2, 0.25) is 0 Å². The first-order valence-corrected chi connectivity index (χ1v) is 9.01. The molecule has 26 heavy (non-hydrogen) atoms. The highest BCUT2D eigenvalue weighted by Gasteiger charge is 2.37. The van der Waals surface area contributed by atoms with Crippen LogP contribution in [0.25, 0.3) is 0 Å². The van der Waals surface area contributed by atoms with Gasteiger partial charge in [-0.1, -0.05) is 85.8 Å². The fourth-order valence-corrected chi connectivity index (χ4v) is 2.77. The first kappa shape index (κ1) is 18.0. The normalized spacial score (nSPS) is 13.0. The van der Waals surface area contributed by atoms with Gasteiger partial charge in [0, 0.05) is 11.1 Å². The molecule has 0 saturated carbocycles. The summed E-state index contributed by atoms with van der Waals surface area (Å²) >= 11 is 0. The predicted octanol–water partition coefficient (Wildman–Crippen LogP) is 6.49. The molecular formula is C23H24N2O. The summed E-state index contributed by atoms with van der Waals surface area (Å²) in [6.45, 7) is 4.18. The molecule has 0 saturated heterocycles. The van der Waals surface area contributed by atoms with Gasteiger partial charge in [0.1, 0.15) is 0 Å². The van der Waals surface area contributed by atoms with Crippen LogP contribution in [0.15, 0.2) is 101 Å². The quantitative estimate of drug-likeness (QED) is 0.451. The zero-order valence-corrected chi connectivity index (χ0v) is 15.2. The van der Waals surface area contributed by atoms with E-state index in [2.05, 4.69) is 19.0 Å². The molecule has 3 nitrogen and oxygen atoms in total. The second-order valence-corrected chi connectivity index (χ2v) is 6.25. The summed E-state index contributed by atoms with van der Waals surface area (Å²) in [4.78, 5) is 0. The molecule has 3 rings (SSSR count). The SMILES string of the molecule is CCC(C)OC(N=Nc1ccccc1)(c1ccccc1)c1ccccc1. The van der Waals surface area contributed by atoms with Crippen molar-refractivity contribution >= 4 is 5.69 Å². The Hall–Kier alpha value is -2.78. The lowest BCUT2D eigenvalue weighted by Gasteiger charge is -2.32. The number of azo groups is 1. The zero-order valence-electron chi connectivity index (χ0n) is 15.2. The van der Waals surface area contributed by atoms with E-state index < -0.39 is 5.72 Å². The summed E-state index contributed by atoms with van der Waals surface area (Å²) in [5, 5.41) is 9.28. The van der Waals surface area contributed by atoms with Crippen molar-refractivity contribution in [1.29, 1.82) is 0 Å². The number of hydrogen-bond acceptors (Lipinski definition) is 3. The van der Waals surface area contributed by atoms with Crippen LogP contribution < -0.4 is 0 Å². The molecule has 0 N–H and O–H groups in total. The van der Waals surface area contributed by atoms with Crippen LogP contribution >= 0.6 is 0 Å². The summed E-state index contributed by atoms with van der Waals surface area (Å²) in [5.41, 5.74) is 1.75. The Balaban J connectivity index is 2.16. The molecular weight excluding hydrogens is 320 g/mol. The maximum absolute atomic E-state index is 6.52. The molecule has 1 unspecified atom stereocenters. The highest BCUT2D eigenvalue weighted by atomic mass is 16.5. The van der Waals surface area contributed by atoms with Gasteiger partial charge in [-0.2, -0.15) is 5.11 Å². The number of nitrogens with zero attached hydrogens (tertiary/aromatic N) is 2. The molecule has 0 aliphatic carbocycles. The maximum atomic E-state index is 6.52. The molecule has 0 radical (unpaired) electrons. The van der Waals surface area contributed by atoms with E-state index in [1.165, 1.54) is 0 Å². The minimum atomic E-state index is -0.978. The van der Waals surface area contributed by atoms with Gasteiger partial charge >= 0.3 is 0 Å². The first-order chi connectivity index (χ1) is 12.7. The molecule has 132 valence electrons. The van der Waals surface area contributed by atoms with Gasteiger partial charge in [0.15, 0.2) is 0 Å². The van der Waals surface area contributed by atoms with E-state index >= 15 is 0 Å². The summed E-state index contributed by atoms with van der Waals surface area (Å²) in [7, 11) is 0. The van der Waals surface area contributed by atoms with Crippen LogP contribution in [-0.2, 0) is 10.5 Å². The summed E-state index contributed by atoms with van der Waals surface area (Å²) < 4.78 is 6.52. The Labute approximate surface area is 155 Å². The lowest BCUT2D eigenvalue weighted by atomic mass is 9.94. The van der Waals surface area contributed by atoms with Crippen LogP contribution in [0.4, 0.5) is 5.69 Å². The van der Waals surface area contributed by atoms with Gasteiger partial charge < -0.3 is 4.74 Å². The second-order valence-electron chi connectivity index (χ2n) is 6.25. The van der Waals surface area contributed by atoms with Gasteiger partial charge in [-0.15, -0.1) is 5.11 Å². The van der Waals surface area contributed by atoms with Crippen LogP contribution in [0, 0.1) is 0 Å². The number of hydrogen-bond donors (Lipinski definition) is 0. The lowest BCUT2D eigenvalue weighted by molar-refractivity contribution is -0.0648. The fraction of sp³-hybridized carbons (Fsp3) is 0.217. The smallest absolute Gasteiger partial charge is 0.231 e. The maximum Gasteiger partial charge on any atom is 0.231 e. The Kier molecular flexibility index (Phi) is 5.92. The van der Waals surface area contributed by atoms with Crippen molar-refractivity contribution < 1.29 is 4.74 Å². The van der Waals surface area contributed by atoms with Crippen molar-refractivity contribution in [3.63, 3.8) is 0 Å². The average molecular weight is 344 g/mol. The lowest BCUT2D eigenvalue weighted by Crippen LogP contribution is -2.32. The topological polar surface area (TPSA) is 34.0 Å². The Morgan fingerprint density at radius 3 is 1.69 bits per heavy atom. The van der Waals surface area contributed by atoms with E-state index in [9.17, 15) is 0 Å². The molecule has 3 aromatic carbocycles. The third-order valence-corrected chi connectivity index (χ3v) is 4.34. The third-order valence-electron chi connectivity index (χ3n) is 4.34. The first-order valence-electron chi connectivity index (χ1n) is 9.01. The Bertz CT molecular complexity index is 777. The largest absolute Gasteiger partial charge is 0.342 e. The van der Waals surface area contributed by atoms with Gasteiger partial charge in [-0.25, -0.2) is 0 Å². The number of benzene rings is 3. The van der Waals surface area contributed by atoms with Crippen LogP contribution in [-0.4, -0.2) is 6.10 Å². The predicted molar refractivity (Wildman–Crippen MR) is 105 cm³/mol. The number of rotatable bonds is 7. The van der Waals surface area contributed by atoms with E-state index in [1.54, 1.807) is 0 Å². The van der Waals surface area contributed by atoms with E-state index in [-0.39, 0.29) is 6.10 Å². The van der Waals surface area contributed by atoms with Crippen molar-refractivity contribution in [2.24, 2.45) is 10.2 Å². The van der Waals surface area contributed by atoms with E-state index in [0.29, 0.717) is 0 Å². The van der Waals surface area contributed by atoms with Crippen molar-refractivity contribution in [2.75, 3.05) is 0 Å². The van der Waals surface area contributed by atoms with Crippen molar-refractivity contribution in [2.45, 2.75) is 32.1 Å². The molecule has 3 aromatic rings. The second kappa shape index (κ2) is 8.54. The highest BCUT2D eigenvalue weighted by molar-refractivity contribution is 5.38. The van der Waals surface area contributed by atoms with Crippen molar-refractivity contribution in [3.05, 3.63) is 102 Å². The molecule has 0 amide bonds.